The van der Waals surface area contributed by atoms with E-state index in [2.05, 4.69) is 10.3 Å². The van der Waals surface area contributed by atoms with Crippen LogP contribution in [0.5, 0.6) is 5.75 Å². The van der Waals surface area contributed by atoms with Crippen molar-refractivity contribution in [3.63, 3.8) is 0 Å². The third-order valence-corrected chi connectivity index (χ3v) is 4.29. The highest BCUT2D eigenvalue weighted by atomic mass is 35.5. The summed E-state index contributed by atoms with van der Waals surface area (Å²) in [5.41, 5.74) is 7.76. The molecule has 1 amide bonds. The van der Waals surface area contributed by atoms with E-state index in [4.69, 9.17) is 33.7 Å². The van der Waals surface area contributed by atoms with E-state index < -0.39 is 0 Å². The maximum atomic E-state index is 12.5. The van der Waals surface area contributed by atoms with E-state index in [1.807, 2.05) is 13.0 Å². The smallest absolute Gasteiger partial charge is 0.255 e. The molecule has 3 aromatic rings. The SMILES string of the molecule is C[C@H](Oc1cc(Cl)cnc1N)c1cccc(C(=O)Nc2cccc(Cl)c2)c1. The number of pyridine rings is 1. The molecule has 0 radical (unpaired) electrons. The topological polar surface area (TPSA) is 77.2 Å². The number of nitrogens with one attached hydrogen (secondary N) is 1. The molecule has 7 heteroatoms. The molecule has 0 aliphatic heterocycles. The molecular weight excluding hydrogens is 385 g/mol. The van der Waals surface area contributed by atoms with E-state index >= 15 is 0 Å². The molecule has 1 atom stereocenters. The van der Waals surface area contributed by atoms with Gasteiger partial charge >= 0.3 is 0 Å². The Hall–Kier alpha value is -2.76. The van der Waals surface area contributed by atoms with Gasteiger partial charge < -0.3 is 15.8 Å². The third-order valence-electron chi connectivity index (χ3n) is 3.85. The maximum Gasteiger partial charge on any atom is 0.255 e. The molecule has 0 aliphatic rings. The van der Waals surface area contributed by atoms with Crippen LogP contribution in [0.1, 0.15) is 28.9 Å². The summed E-state index contributed by atoms with van der Waals surface area (Å²) < 4.78 is 5.86. The molecule has 0 bridgehead atoms. The Kier molecular flexibility index (Phi) is 5.84. The van der Waals surface area contributed by atoms with E-state index in [9.17, 15) is 4.79 Å². The minimum absolute atomic E-state index is 0.241. The van der Waals surface area contributed by atoms with Crippen LogP contribution in [0.2, 0.25) is 10.0 Å². The van der Waals surface area contributed by atoms with Crippen molar-refractivity contribution in [2.75, 3.05) is 11.1 Å². The lowest BCUT2D eigenvalue weighted by atomic mass is 10.1. The van der Waals surface area contributed by atoms with Gasteiger partial charge in [0.1, 0.15) is 6.10 Å². The number of ether oxygens (including phenoxy) is 1. The van der Waals surface area contributed by atoms with Gasteiger partial charge in [-0.15, -0.1) is 0 Å². The zero-order valence-corrected chi connectivity index (χ0v) is 16.0. The molecule has 3 rings (SSSR count). The average molecular weight is 402 g/mol. The summed E-state index contributed by atoms with van der Waals surface area (Å²) in [5, 5.41) is 3.80. The lowest BCUT2D eigenvalue weighted by molar-refractivity contribution is 0.102. The fraction of sp³-hybridized carbons (Fsp3) is 0.100. The molecule has 1 heterocycles. The largest absolute Gasteiger partial charge is 0.482 e. The fourth-order valence-electron chi connectivity index (χ4n) is 2.49. The van der Waals surface area contributed by atoms with Gasteiger partial charge in [-0.3, -0.25) is 4.79 Å². The summed E-state index contributed by atoms with van der Waals surface area (Å²) in [7, 11) is 0. The number of hydrogen-bond acceptors (Lipinski definition) is 4. The fourth-order valence-corrected chi connectivity index (χ4v) is 2.82. The van der Waals surface area contributed by atoms with E-state index in [0.717, 1.165) is 5.56 Å². The van der Waals surface area contributed by atoms with Crippen molar-refractivity contribution in [2.24, 2.45) is 0 Å². The predicted molar refractivity (Wildman–Crippen MR) is 109 cm³/mol. The molecule has 0 fully saturated rings. The first-order valence-corrected chi connectivity index (χ1v) is 8.92. The van der Waals surface area contributed by atoms with Crippen LogP contribution < -0.4 is 15.8 Å². The molecule has 2 aromatic carbocycles. The summed E-state index contributed by atoms with van der Waals surface area (Å²) in [6, 6.07) is 15.7. The van der Waals surface area contributed by atoms with Gasteiger partial charge in [-0.25, -0.2) is 4.98 Å². The van der Waals surface area contributed by atoms with Crippen molar-refractivity contribution in [1.82, 2.24) is 4.98 Å². The summed E-state index contributed by atoms with van der Waals surface area (Å²) in [6.07, 6.45) is 1.10. The lowest BCUT2D eigenvalue weighted by Crippen LogP contribution is -2.13. The minimum Gasteiger partial charge on any atom is -0.482 e. The van der Waals surface area contributed by atoms with Crippen LogP contribution in [0.25, 0.3) is 0 Å². The Morgan fingerprint density at radius 3 is 2.67 bits per heavy atom. The number of benzene rings is 2. The van der Waals surface area contributed by atoms with Gasteiger partial charge in [0.05, 0.1) is 5.02 Å². The van der Waals surface area contributed by atoms with E-state index in [0.29, 0.717) is 27.0 Å². The number of rotatable bonds is 5. The highest BCUT2D eigenvalue weighted by Gasteiger charge is 2.14. The van der Waals surface area contributed by atoms with Gasteiger partial charge in [0.15, 0.2) is 11.6 Å². The van der Waals surface area contributed by atoms with Gasteiger partial charge in [0.2, 0.25) is 0 Å². The number of hydrogen-bond donors (Lipinski definition) is 2. The van der Waals surface area contributed by atoms with Crippen LogP contribution in [0.4, 0.5) is 11.5 Å². The average Bonchev–Trinajstić information content (AvgIpc) is 2.65. The number of carbonyl (C=O) groups excluding carboxylic acids is 1. The zero-order chi connectivity index (χ0) is 19.4. The Labute approximate surface area is 167 Å². The molecule has 0 saturated carbocycles. The van der Waals surface area contributed by atoms with Crippen LogP contribution in [0.3, 0.4) is 0 Å². The number of nitrogens with two attached hydrogens (primary N) is 1. The van der Waals surface area contributed by atoms with Crippen LogP contribution in [-0.2, 0) is 0 Å². The van der Waals surface area contributed by atoms with Crippen molar-refractivity contribution in [3.05, 3.63) is 82.0 Å². The second-order valence-electron chi connectivity index (χ2n) is 5.89. The summed E-state index contributed by atoms with van der Waals surface area (Å²) in [6.45, 7) is 1.86. The van der Waals surface area contributed by atoms with Crippen molar-refractivity contribution in [3.8, 4) is 5.75 Å². The van der Waals surface area contributed by atoms with Crippen molar-refractivity contribution in [2.45, 2.75) is 13.0 Å². The summed E-state index contributed by atoms with van der Waals surface area (Å²) in [4.78, 5) is 16.5. The van der Waals surface area contributed by atoms with Crippen molar-refractivity contribution < 1.29 is 9.53 Å². The number of halogens is 2. The van der Waals surface area contributed by atoms with Gasteiger partial charge in [-0.1, -0.05) is 41.4 Å². The molecule has 0 spiro atoms. The maximum absolute atomic E-state index is 12.5. The Morgan fingerprint density at radius 2 is 1.89 bits per heavy atom. The monoisotopic (exact) mass is 401 g/mol. The number of nitrogens with zero attached hydrogens (tertiary/aromatic N) is 1. The minimum atomic E-state index is -0.355. The first-order valence-electron chi connectivity index (χ1n) is 8.17. The molecule has 1 aromatic heterocycles. The molecule has 27 heavy (non-hydrogen) atoms. The zero-order valence-electron chi connectivity index (χ0n) is 14.4. The Balaban J connectivity index is 1.76. The molecule has 0 unspecified atom stereocenters. The molecule has 3 N–H and O–H groups in total. The number of aromatic nitrogens is 1. The third kappa shape index (κ3) is 4.90. The van der Waals surface area contributed by atoms with Gasteiger partial charge in [0, 0.05) is 28.5 Å². The Morgan fingerprint density at radius 1 is 1.11 bits per heavy atom. The van der Waals surface area contributed by atoms with Crippen molar-refractivity contribution in [1.29, 1.82) is 0 Å². The number of anilines is 2. The van der Waals surface area contributed by atoms with E-state index in [1.165, 1.54) is 6.20 Å². The van der Waals surface area contributed by atoms with Crippen LogP contribution in [0, 0.1) is 0 Å². The van der Waals surface area contributed by atoms with Crippen molar-refractivity contribution >= 4 is 40.6 Å². The first-order chi connectivity index (χ1) is 12.9. The van der Waals surface area contributed by atoms with Gasteiger partial charge in [-0.05, 0) is 42.8 Å². The summed E-state index contributed by atoms with van der Waals surface area (Å²) >= 11 is 11.9. The normalized spacial score (nSPS) is 11.7. The second-order valence-corrected chi connectivity index (χ2v) is 6.76. The molecule has 138 valence electrons. The Bertz CT molecular complexity index is 979. The molecule has 0 aliphatic carbocycles. The van der Waals surface area contributed by atoms with E-state index in [-0.39, 0.29) is 17.8 Å². The lowest BCUT2D eigenvalue weighted by Gasteiger charge is -2.17. The van der Waals surface area contributed by atoms with E-state index in [1.54, 1.807) is 48.5 Å². The molecule has 0 saturated heterocycles. The number of nitrogen functional groups attached to an aromatic ring is 1. The number of carbonyl (C=O) groups is 1. The number of amides is 1. The van der Waals surface area contributed by atoms with Gasteiger partial charge in [0.25, 0.3) is 5.91 Å². The van der Waals surface area contributed by atoms with Crippen LogP contribution >= 0.6 is 23.2 Å². The van der Waals surface area contributed by atoms with Crippen LogP contribution in [-0.4, -0.2) is 10.9 Å². The predicted octanol–water partition coefficient (Wildman–Crippen LogP) is 5.36. The quantitative estimate of drug-likeness (QED) is 0.602. The first kappa shape index (κ1) is 19.0. The molecule has 5 nitrogen and oxygen atoms in total. The van der Waals surface area contributed by atoms with Crippen LogP contribution in [0.15, 0.2) is 60.8 Å². The highest BCUT2D eigenvalue weighted by Crippen LogP contribution is 2.28. The highest BCUT2D eigenvalue weighted by molar-refractivity contribution is 6.31. The molecular formula is C20H17Cl2N3O2. The second kappa shape index (κ2) is 8.29. The standard InChI is InChI=1S/C20H17Cl2N3O2/c1-12(27-18-10-16(22)11-24-19(18)23)13-4-2-5-14(8-13)20(26)25-17-7-3-6-15(21)9-17/h2-12H,1H3,(H2,23,24)(H,25,26)/t12-/m0/s1. The van der Waals surface area contributed by atoms with Gasteiger partial charge in [-0.2, -0.15) is 0 Å². The summed E-state index contributed by atoms with van der Waals surface area (Å²) in [5.74, 6) is 0.403.